The quantitative estimate of drug-likeness (QED) is 0.681. The average molecular weight is 370 g/mol. The number of nitrogens with zero attached hydrogens (tertiary/aromatic N) is 3. The summed E-state index contributed by atoms with van der Waals surface area (Å²) in [4.78, 5) is 9.27. The molecule has 1 saturated heterocycles. The van der Waals surface area contributed by atoms with E-state index in [0.717, 1.165) is 60.8 Å². The van der Waals surface area contributed by atoms with Gasteiger partial charge in [0.15, 0.2) is 0 Å². The van der Waals surface area contributed by atoms with Crippen LogP contribution in [0.1, 0.15) is 11.1 Å². The molecule has 4 rings (SSSR count). The minimum atomic E-state index is -0.193. The van der Waals surface area contributed by atoms with Crippen LogP contribution in [0.15, 0.2) is 54.7 Å². The molecule has 1 fully saturated rings. The molecule has 1 aliphatic rings. The van der Waals surface area contributed by atoms with Crippen LogP contribution < -0.4 is 0 Å². The van der Waals surface area contributed by atoms with Crippen molar-refractivity contribution in [2.75, 3.05) is 26.2 Å². The SMILES string of the molecule is Fc1cc(CN2CCN(Cc3ccc(Cl)cc3)CC2)c2ncccc2c1. The molecule has 0 bridgehead atoms. The molecule has 1 aromatic heterocycles. The fourth-order valence-corrected chi connectivity index (χ4v) is 3.67. The third-order valence-corrected chi connectivity index (χ3v) is 5.18. The van der Waals surface area contributed by atoms with E-state index in [-0.39, 0.29) is 5.82 Å². The molecule has 1 aliphatic heterocycles. The Morgan fingerprint density at radius 2 is 1.62 bits per heavy atom. The van der Waals surface area contributed by atoms with E-state index in [0.29, 0.717) is 0 Å². The first kappa shape index (κ1) is 17.4. The zero-order valence-corrected chi connectivity index (χ0v) is 15.3. The van der Waals surface area contributed by atoms with E-state index in [1.54, 1.807) is 18.3 Å². The highest BCUT2D eigenvalue weighted by atomic mass is 35.5. The summed E-state index contributed by atoms with van der Waals surface area (Å²) in [5, 5.41) is 1.64. The summed E-state index contributed by atoms with van der Waals surface area (Å²) in [6.45, 7) is 5.62. The summed E-state index contributed by atoms with van der Waals surface area (Å²) in [7, 11) is 0. The highest BCUT2D eigenvalue weighted by Gasteiger charge is 2.18. The minimum Gasteiger partial charge on any atom is -0.297 e. The van der Waals surface area contributed by atoms with Crippen molar-refractivity contribution < 1.29 is 4.39 Å². The zero-order valence-electron chi connectivity index (χ0n) is 14.5. The number of hydrogen-bond donors (Lipinski definition) is 0. The van der Waals surface area contributed by atoms with Crippen molar-refractivity contribution in [2.45, 2.75) is 13.1 Å². The van der Waals surface area contributed by atoms with Crippen molar-refractivity contribution >= 4 is 22.5 Å². The lowest BCUT2D eigenvalue weighted by Crippen LogP contribution is -2.45. The predicted octanol–water partition coefficient (Wildman–Crippen LogP) is 4.35. The van der Waals surface area contributed by atoms with Gasteiger partial charge in [0, 0.05) is 55.9 Å². The number of pyridine rings is 1. The molecule has 0 aliphatic carbocycles. The fraction of sp³-hybridized carbons (Fsp3) is 0.286. The van der Waals surface area contributed by atoms with E-state index < -0.39 is 0 Å². The Kier molecular flexibility index (Phi) is 5.16. The average Bonchev–Trinajstić information content (AvgIpc) is 2.65. The molecular weight excluding hydrogens is 349 g/mol. The maximum Gasteiger partial charge on any atom is 0.124 e. The second-order valence-corrected chi connectivity index (χ2v) is 7.26. The molecule has 3 nitrogen and oxygen atoms in total. The standard InChI is InChI=1S/C21H21ClFN3/c22-19-5-3-16(4-6-19)14-25-8-10-26(11-9-25)15-18-13-20(23)12-17-2-1-7-24-21(17)18/h1-7,12-13H,8-11,14-15H2. The summed E-state index contributed by atoms with van der Waals surface area (Å²) < 4.78 is 13.9. The van der Waals surface area contributed by atoms with Gasteiger partial charge in [0.05, 0.1) is 5.52 Å². The van der Waals surface area contributed by atoms with Crippen molar-refractivity contribution in [3.63, 3.8) is 0 Å². The van der Waals surface area contributed by atoms with Crippen LogP contribution in [0.25, 0.3) is 10.9 Å². The number of rotatable bonds is 4. The van der Waals surface area contributed by atoms with Gasteiger partial charge in [-0.2, -0.15) is 0 Å². The van der Waals surface area contributed by atoms with Crippen LogP contribution in [-0.2, 0) is 13.1 Å². The van der Waals surface area contributed by atoms with Crippen LogP contribution in [0.2, 0.25) is 5.02 Å². The molecule has 134 valence electrons. The molecule has 2 aromatic carbocycles. The van der Waals surface area contributed by atoms with E-state index in [1.165, 1.54) is 5.56 Å². The molecular formula is C21H21ClFN3. The predicted molar refractivity (Wildman–Crippen MR) is 104 cm³/mol. The van der Waals surface area contributed by atoms with Gasteiger partial charge in [-0.05, 0) is 41.5 Å². The van der Waals surface area contributed by atoms with Gasteiger partial charge in [0.2, 0.25) is 0 Å². The molecule has 0 atom stereocenters. The fourth-order valence-electron chi connectivity index (χ4n) is 3.54. The third-order valence-electron chi connectivity index (χ3n) is 4.93. The van der Waals surface area contributed by atoms with Crippen molar-refractivity contribution in [1.82, 2.24) is 14.8 Å². The summed E-state index contributed by atoms with van der Waals surface area (Å²) in [6, 6.07) is 15.0. The zero-order chi connectivity index (χ0) is 17.9. The van der Waals surface area contributed by atoms with Crippen LogP contribution in [0, 0.1) is 5.82 Å². The molecule has 0 amide bonds. The molecule has 0 N–H and O–H groups in total. The third kappa shape index (κ3) is 4.04. The van der Waals surface area contributed by atoms with Gasteiger partial charge in [-0.25, -0.2) is 4.39 Å². The maximum absolute atomic E-state index is 13.9. The van der Waals surface area contributed by atoms with Crippen molar-refractivity contribution in [3.8, 4) is 0 Å². The second-order valence-electron chi connectivity index (χ2n) is 6.82. The van der Waals surface area contributed by atoms with Gasteiger partial charge < -0.3 is 0 Å². The number of halogens is 2. The second kappa shape index (κ2) is 7.70. The number of fused-ring (bicyclic) bond motifs is 1. The molecule has 0 unspecified atom stereocenters. The molecule has 5 heteroatoms. The van der Waals surface area contributed by atoms with Gasteiger partial charge in [0.25, 0.3) is 0 Å². The Labute approximate surface area is 158 Å². The lowest BCUT2D eigenvalue weighted by molar-refractivity contribution is 0.122. The lowest BCUT2D eigenvalue weighted by atomic mass is 10.1. The summed E-state index contributed by atoms with van der Waals surface area (Å²) in [5.74, 6) is -0.193. The number of benzene rings is 2. The van der Waals surface area contributed by atoms with Gasteiger partial charge in [-0.3, -0.25) is 14.8 Å². The van der Waals surface area contributed by atoms with Crippen molar-refractivity contribution in [2.24, 2.45) is 0 Å². The normalized spacial score (nSPS) is 16.2. The van der Waals surface area contributed by atoms with Crippen molar-refractivity contribution in [3.05, 3.63) is 76.7 Å². The van der Waals surface area contributed by atoms with E-state index in [1.807, 2.05) is 24.3 Å². The highest BCUT2D eigenvalue weighted by Crippen LogP contribution is 2.21. The molecule has 26 heavy (non-hydrogen) atoms. The van der Waals surface area contributed by atoms with Crippen LogP contribution >= 0.6 is 11.6 Å². The molecule has 0 saturated carbocycles. The minimum absolute atomic E-state index is 0.193. The Morgan fingerprint density at radius 3 is 2.35 bits per heavy atom. The first-order valence-electron chi connectivity index (χ1n) is 8.90. The molecule has 0 spiro atoms. The topological polar surface area (TPSA) is 19.4 Å². The largest absolute Gasteiger partial charge is 0.297 e. The van der Waals surface area contributed by atoms with Crippen LogP contribution in [-0.4, -0.2) is 41.0 Å². The Hall–Kier alpha value is -2.01. The Morgan fingerprint density at radius 1 is 0.923 bits per heavy atom. The van der Waals surface area contributed by atoms with Crippen molar-refractivity contribution in [1.29, 1.82) is 0 Å². The Bertz CT molecular complexity index is 889. The summed E-state index contributed by atoms with van der Waals surface area (Å²) in [5.41, 5.74) is 3.15. The smallest absolute Gasteiger partial charge is 0.124 e. The summed E-state index contributed by atoms with van der Waals surface area (Å²) in [6.07, 6.45) is 1.77. The number of hydrogen-bond acceptors (Lipinski definition) is 3. The highest BCUT2D eigenvalue weighted by molar-refractivity contribution is 6.30. The van der Waals surface area contributed by atoms with E-state index in [9.17, 15) is 4.39 Å². The van der Waals surface area contributed by atoms with Crippen LogP contribution in [0.3, 0.4) is 0 Å². The van der Waals surface area contributed by atoms with Gasteiger partial charge >= 0.3 is 0 Å². The molecule has 2 heterocycles. The molecule has 0 radical (unpaired) electrons. The Balaban J connectivity index is 1.39. The molecule has 3 aromatic rings. The van der Waals surface area contributed by atoms with Crippen LogP contribution in [0.5, 0.6) is 0 Å². The monoisotopic (exact) mass is 369 g/mol. The first-order valence-corrected chi connectivity index (χ1v) is 9.27. The van der Waals surface area contributed by atoms with Gasteiger partial charge in [-0.15, -0.1) is 0 Å². The number of aromatic nitrogens is 1. The van der Waals surface area contributed by atoms with Gasteiger partial charge in [-0.1, -0.05) is 29.8 Å². The van der Waals surface area contributed by atoms with E-state index in [4.69, 9.17) is 11.6 Å². The first-order chi connectivity index (χ1) is 12.7. The lowest BCUT2D eigenvalue weighted by Gasteiger charge is -2.34. The van der Waals surface area contributed by atoms with E-state index >= 15 is 0 Å². The van der Waals surface area contributed by atoms with Gasteiger partial charge in [0.1, 0.15) is 5.82 Å². The number of piperazine rings is 1. The maximum atomic E-state index is 13.9. The van der Waals surface area contributed by atoms with E-state index in [2.05, 4.69) is 26.9 Å². The van der Waals surface area contributed by atoms with Crippen LogP contribution in [0.4, 0.5) is 4.39 Å². The summed E-state index contributed by atoms with van der Waals surface area (Å²) >= 11 is 5.95.